The van der Waals surface area contributed by atoms with Gasteiger partial charge in [0.25, 0.3) is 0 Å². The molecule has 0 radical (unpaired) electrons. The number of likely N-dealkylation sites (tertiary alicyclic amines) is 1. The standard InChI is InChI=1S/C24H24F4N2O/c25-20-5-7-22-18(13-20)4-6-21(29-22)15-30-10-8-23(16-31,9-11-30)14-17-2-1-3-19(12-17)24(26,27)28/h1-7,12-13,31H,8-11,14-16H2. The van der Waals surface area contributed by atoms with Gasteiger partial charge in [0.2, 0.25) is 0 Å². The van der Waals surface area contributed by atoms with E-state index in [2.05, 4.69) is 9.88 Å². The van der Waals surface area contributed by atoms with Gasteiger partial charge in [0.15, 0.2) is 0 Å². The molecule has 31 heavy (non-hydrogen) atoms. The van der Waals surface area contributed by atoms with Crippen molar-refractivity contribution in [3.63, 3.8) is 0 Å². The number of fused-ring (bicyclic) bond motifs is 1. The predicted octanol–water partition coefficient (Wildman–Crippen LogP) is 5.21. The monoisotopic (exact) mass is 432 g/mol. The Balaban J connectivity index is 1.41. The van der Waals surface area contributed by atoms with E-state index in [1.54, 1.807) is 12.1 Å². The zero-order chi connectivity index (χ0) is 22.1. The molecule has 3 aromatic rings. The zero-order valence-corrected chi connectivity index (χ0v) is 17.0. The molecule has 1 saturated heterocycles. The predicted molar refractivity (Wildman–Crippen MR) is 111 cm³/mol. The molecule has 0 bridgehead atoms. The number of nitrogens with zero attached hydrogens (tertiary/aromatic N) is 2. The van der Waals surface area contributed by atoms with Crippen molar-refractivity contribution in [2.45, 2.75) is 32.0 Å². The molecule has 1 N–H and O–H groups in total. The molecule has 0 aliphatic carbocycles. The summed E-state index contributed by atoms with van der Waals surface area (Å²) >= 11 is 0. The van der Waals surface area contributed by atoms with E-state index in [9.17, 15) is 22.7 Å². The second kappa shape index (κ2) is 8.55. The van der Waals surface area contributed by atoms with E-state index in [0.717, 1.165) is 35.8 Å². The lowest BCUT2D eigenvalue weighted by Crippen LogP contribution is -2.43. The quantitative estimate of drug-likeness (QED) is 0.563. The minimum atomic E-state index is -4.37. The highest BCUT2D eigenvalue weighted by Gasteiger charge is 2.35. The topological polar surface area (TPSA) is 36.4 Å². The van der Waals surface area contributed by atoms with Gasteiger partial charge in [0, 0.05) is 18.5 Å². The molecule has 0 unspecified atom stereocenters. The van der Waals surface area contributed by atoms with Crippen LogP contribution in [0, 0.1) is 11.2 Å². The Morgan fingerprint density at radius 2 is 1.77 bits per heavy atom. The molecule has 7 heteroatoms. The van der Waals surface area contributed by atoms with Crippen molar-refractivity contribution in [1.29, 1.82) is 0 Å². The molecule has 1 aliphatic heterocycles. The number of aromatic nitrogens is 1. The maximum absolute atomic E-state index is 13.3. The third kappa shape index (κ3) is 5.05. The van der Waals surface area contributed by atoms with E-state index >= 15 is 0 Å². The number of piperidine rings is 1. The highest BCUT2D eigenvalue weighted by molar-refractivity contribution is 5.78. The van der Waals surface area contributed by atoms with Gasteiger partial charge < -0.3 is 5.11 Å². The first-order valence-corrected chi connectivity index (χ1v) is 10.3. The highest BCUT2D eigenvalue weighted by atomic mass is 19.4. The molecule has 0 amide bonds. The molecular formula is C24H24F4N2O. The molecule has 2 heterocycles. The number of aliphatic hydroxyl groups excluding tert-OH is 1. The van der Waals surface area contributed by atoms with Crippen molar-refractivity contribution >= 4 is 10.9 Å². The van der Waals surface area contributed by atoms with E-state index in [1.807, 2.05) is 12.1 Å². The normalized spacial score (nSPS) is 17.2. The zero-order valence-electron chi connectivity index (χ0n) is 17.0. The minimum Gasteiger partial charge on any atom is -0.396 e. The maximum atomic E-state index is 13.3. The van der Waals surface area contributed by atoms with Gasteiger partial charge >= 0.3 is 6.18 Å². The van der Waals surface area contributed by atoms with Crippen LogP contribution < -0.4 is 0 Å². The number of hydrogen-bond donors (Lipinski definition) is 1. The number of rotatable bonds is 5. The summed E-state index contributed by atoms with van der Waals surface area (Å²) in [6.07, 6.45) is -2.57. The fourth-order valence-electron chi connectivity index (χ4n) is 4.32. The molecule has 1 aromatic heterocycles. The lowest BCUT2D eigenvalue weighted by Gasteiger charge is -2.41. The molecule has 0 spiro atoms. The Hall–Kier alpha value is -2.51. The van der Waals surface area contributed by atoms with Gasteiger partial charge in [0.05, 0.1) is 16.8 Å². The molecular weight excluding hydrogens is 408 g/mol. The lowest BCUT2D eigenvalue weighted by atomic mass is 9.74. The minimum absolute atomic E-state index is 0.0587. The molecule has 0 atom stereocenters. The van der Waals surface area contributed by atoms with E-state index in [1.165, 1.54) is 24.3 Å². The average Bonchev–Trinajstić information content (AvgIpc) is 2.75. The van der Waals surface area contributed by atoms with Crippen LogP contribution in [-0.2, 0) is 19.1 Å². The first kappa shape index (κ1) is 21.7. The first-order valence-electron chi connectivity index (χ1n) is 10.3. The molecule has 1 fully saturated rings. The van der Waals surface area contributed by atoms with Crippen molar-refractivity contribution < 1.29 is 22.7 Å². The fourth-order valence-corrected chi connectivity index (χ4v) is 4.32. The van der Waals surface area contributed by atoms with Crippen molar-refractivity contribution in [2.24, 2.45) is 5.41 Å². The number of benzene rings is 2. The summed E-state index contributed by atoms with van der Waals surface area (Å²) in [5.74, 6) is -0.292. The van der Waals surface area contributed by atoms with Gasteiger partial charge in [-0.3, -0.25) is 9.88 Å². The second-order valence-corrected chi connectivity index (χ2v) is 8.45. The van der Waals surface area contributed by atoms with E-state index in [0.29, 0.717) is 31.4 Å². The Morgan fingerprint density at radius 3 is 2.48 bits per heavy atom. The van der Waals surface area contributed by atoms with Gasteiger partial charge in [-0.1, -0.05) is 24.3 Å². The molecule has 164 valence electrons. The SMILES string of the molecule is OCC1(Cc2cccc(C(F)(F)F)c2)CCN(Cc2ccc3cc(F)ccc3n2)CC1. The van der Waals surface area contributed by atoms with E-state index in [4.69, 9.17) is 0 Å². The van der Waals surface area contributed by atoms with Crippen molar-refractivity contribution in [1.82, 2.24) is 9.88 Å². The number of hydrogen-bond acceptors (Lipinski definition) is 3. The molecule has 4 rings (SSSR count). The lowest BCUT2D eigenvalue weighted by molar-refractivity contribution is -0.137. The Labute approximate surface area is 178 Å². The number of halogens is 4. The highest BCUT2D eigenvalue weighted by Crippen LogP contribution is 2.37. The maximum Gasteiger partial charge on any atom is 0.416 e. The first-order chi connectivity index (χ1) is 14.8. The Morgan fingerprint density at radius 1 is 1.00 bits per heavy atom. The van der Waals surface area contributed by atoms with Crippen LogP contribution in [0.3, 0.4) is 0 Å². The van der Waals surface area contributed by atoms with Crippen LogP contribution in [0.15, 0.2) is 54.6 Å². The summed E-state index contributed by atoms with van der Waals surface area (Å²) in [7, 11) is 0. The van der Waals surface area contributed by atoms with E-state index in [-0.39, 0.29) is 12.4 Å². The average molecular weight is 432 g/mol. The van der Waals surface area contributed by atoms with E-state index < -0.39 is 17.2 Å². The van der Waals surface area contributed by atoms with Crippen LogP contribution in [0.1, 0.15) is 29.7 Å². The van der Waals surface area contributed by atoms with Crippen LogP contribution in [-0.4, -0.2) is 34.7 Å². The third-order valence-electron chi connectivity index (χ3n) is 6.18. The van der Waals surface area contributed by atoms with Crippen molar-refractivity contribution in [2.75, 3.05) is 19.7 Å². The summed E-state index contributed by atoms with van der Waals surface area (Å²) in [6.45, 7) is 2.03. The summed E-state index contributed by atoms with van der Waals surface area (Å²) in [5.41, 5.74) is 1.15. The Bertz CT molecular complexity index is 1060. The van der Waals surface area contributed by atoms with Gasteiger partial charge in [-0.15, -0.1) is 0 Å². The summed E-state index contributed by atoms with van der Waals surface area (Å²) < 4.78 is 52.4. The second-order valence-electron chi connectivity index (χ2n) is 8.45. The van der Waals surface area contributed by atoms with Gasteiger partial charge in [-0.05, 0) is 73.7 Å². The summed E-state index contributed by atoms with van der Waals surface area (Å²) in [4.78, 5) is 6.84. The van der Waals surface area contributed by atoms with Crippen LogP contribution in [0.5, 0.6) is 0 Å². The van der Waals surface area contributed by atoms with Crippen LogP contribution >= 0.6 is 0 Å². The van der Waals surface area contributed by atoms with Crippen LogP contribution in [0.4, 0.5) is 17.6 Å². The Kier molecular flexibility index (Phi) is 5.99. The third-order valence-corrected chi connectivity index (χ3v) is 6.18. The van der Waals surface area contributed by atoms with Gasteiger partial charge in [0.1, 0.15) is 5.82 Å². The van der Waals surface area contributed by atoms with Crippen LogP contribution in [0.2, 0.25) is 0 Å². The number of pyridine rings is 1. The van der Waals surface area contributed by atoms with Crippen LogP contribution in [0.25, 0.3) is 10.9 Å². The number of alkyl halides is 3. The summed E-state index contributed by atoms with van der Waals surface area (Å²) in [6, 6.07) is 13.6. The number of aliphatic hydroxyl groups is 1. The molecule has 1 aliphatic rings. The van der Waals surface area contributed by atoms with Crippen molar-refractivity contribution in [3.05, 3.63) is 77.2 Å². The largest absolute Gasteiger partial charge is 0.416 e. The molecule has 3 nitrogen and oxygen atoms in total. The smallest absolute Gasteiger partial charge is 0.396 e. The molecule has 0 saturated carbocycles. The van der Waals surface area contributed by atoms with Gasteiger partial charge in [-0.25, -0.2) is 4.39 Å². The fraction of sp³-hybridized carbons (Fsp3) is 0.375. The van der Waals surface area contributed by atoms with Crippen molar-refractivity contribution in [3.8, 4) is 0 Å². The van der Waals surface area contributed by atoms with Gasteiger partial charge in [-0.2, -0.15) is 13.2 Å². The molecule has 2 aromatic carbocycles. The summed E-state index contributed by atoms with van der Waals surface area (Å²) in [5, 5.41) is 10.8.